The first-order chi connectivity index (χ1) is 8.72. The Labute approximate surface area is 110 Å². The van der Waals surface area contributed by atoms with Crippen LogP contribution in [0.15, 0.2) is 0 Å². The van der Waals surface area contributed by atoms with E-state index in [1.54, 1.807) is 0 Å². The van der Waals surface area contributed by atoms with E-state index in [-0.39, 0.29) is 37.6 Å². The molecule has 0 amide bonds. The van der Waals surface area contributed by atoms with Crippen molar-refractivity contribution in [3.63, 3.8) is 0 Å². The summed E-state index contributed by atoms with van der Waals surface area (Å²) in [5, 5.41) is 0. The number of hydrogen-bond donors (Lipinski definition) is 0. The van der Waals surface area contributed by atoms with Gasteiger partial charge in [-0.1, -0.05) is 0 Å². The lowest BCUT2D eigenvalue weighted by Crippen LogP contribution is -2.31. The van der Waals surface area contributed by atoms with Crippen LogP contribution >= 0.6 is 7.60 Å². The van der Waals surface area contributed by atoms with Gasteiger partial charge >= 0.3 is 13.8 Å². The Hall–Kier alpha value is -0.390. The second-order valence-corrected chi connectivity index (χ2v) is 6.96. The normalized spacial score (nSPS) is 25.3. The zero-order chi connectivity index (χ0) is 14.7. The minimum atomic E-state index is -4.19. The predicted molar refractivity (Wildman–Crippen MR) is 63.0 cm³/mol. The first-order valence-corrected chi connectivity index (χ1v) is 7.74. The minimum absolute atomic E-state index is 0.0514. The van der Waals surface area contributed by atoms with Gasteiger partial charge in [-0.05, 0) is 25.7 Å². The maximum absolute atomic E-state index is 12.5. The van der Waals surface area contributed by atoms with E-state index in [4.69, 9.17) is 0 Å². The fraction of sp³-hybridized carbons (Fsp3) is 0.909. The van der Waals surface area contributed by atoms with Crippen molar-refractivity contribution in [2.24, 2.45) is 11.8 Å². The lowest BCUT2D eigenvalue weighted by atomic mass is 9.80. The van der Waals surface area contributed by atoms with Gasteiger partial charge in [-0.2, -0.15) is 13.2 Å². The average molecular weight is 302 g/mol. The Morgan fingerprint density at radius 1 is 1.16 bits per heavy atom. The van der Waals surface area contributed by atoms with Gasteiger partial charge in [0.25, 0.3) is 0 Å². The van der Waals surface area contributed by atoms with E-state index >= 15 is 0 Å². The molecule has 0 spiro atoms. The Morgan fingerprint density at radius 3 is 2.00 bits per heavy atom. The molecule has 1 aliphatic carbocycles. The van der Waals surface area contributed by atoms with Crippen LogP contribution in [0.3, 0.4) is 0 Å². The fourth-order valence-corrected chi connectivity index (χ4v) is 3.31. The molecule has 1 aliphatic rings. The maximum atomic E-state index is 12.5. The zero-order valence-corrected chi connectivity index (χ0v) is 11.8. The van der Waals surface area contributed by atoms with Crippen molar-refractivity contribution >= 4 is 13.4 Å². The standard InChI is InChI=1S/C11H18F3O4P/c1-17-19(16,18-2)7-10(15)8-3-5-9(6-4-8)11(12,13)14/h8-9H,3-7H2,1-2H3. The van der Waals surface area contributed by atoms with Gasteiger partial charge in [0.1, 0.15) is 11.9 Å². The van der Waals surface area contributed by atoms with Gasteiger partial charge in [-0.25, -0.2) is 0 Å². The average Bonchev–Trinajstić information content (AvgIpc) is 2.37. The second kappa shape index (κ2) is 6.37. The molecule has 112 valence electrons. The number of ketones is 1. The lowest BCUT2D eigenvalue weighted by Gasteiger charge is -2.29. The number of hydrogen-bond acceptors (Lipinski definition) is 4. The molecule has 0 bridgehead atoms. The molecule has 4 nitrogen and oxygen atoms in total. The fourth-order valence-electron chi connectivity index (χ4n) is 2.27. The topological polar surface area (TPSA) is 52.6 Å². The molecular formula is C11H18F3O4P. The number of Topliss-reactive ketones (excluding diaryl/α,β-unsaturated/α-hetero) is 1. The van der Waals surface area contributed by atoms with Crippen molar-refractivity contribution < 1.29 is 31.6 Å². The molecule has 0 atom stereocenters. The van der Waals surface area contributed by atoms with E-state index in [1.807, 2.05) is 0 Å². The Bertz CT molecular complexity index is 353. The number of halogens is 3. The molecule has 0 saturated heterocycles. The smallest absolute Gasteiger partial charge is 0.312 e. The first-order valence-electron chi connectivity index (χ1n) is 6.02. The minimum Gasteiger partial charge on any atom is -0.312 e. The van der Waals surface area contributed by atoms with E-state index in [0.29, 0.717) is 0 Å². The summed E-state index contributed by atoms with van der Waals surface area (Å²) in [5.41, 5.74) is 0. The van der Waals surface area contributed by atoms with Gasteiger partial charge in [0.2, 0.25) is 0 Å². The number of alkyl halides is 3. The lowest BCUT2D eigenvalue weighted by molar-refractivity contribution is -0.184. The molecule has 19 heavy (non-hydrogen) atoms. The van der Waals surface area contributed by atoms with Gasteiger partial charge in [0.05, 0.1) is 5.92 Å². The van der Waals surface area contributed by atoms with Crippen molar-refractivity contribution in [2.45, 2.75) is 31.9 Å². The van der Waals surface area contributed by atoms with Crippen LogP contribution in [0, 0.1) is 11.8 Å². The van der Waals surface area contributed by atoms with E-state index in [9.17, 15) is 22.5 Å². The number of carbonyl (C=O) groups excluding carboxylic acids is 1. The van der Waals surface area contributed by atoms with Gasteiger partial charge < -0.3 is 9.05 Å². The van der Waals surface area contributed by atoms with Crippen molar-refractivity contribution in [1.82, 2.24) is 0 Å². The number of rotatable bonds is 5. The third kappa shape index (κ3) is 4.58. The van der Waals surface area contributed by atoms with E-state index in [1.165, 1.54) is 14.2 Å². The highest BCUT2D eigenvalue weighted by Gasteiger charge is 2.43. The van der Waals surface area contributed by atoms with Crippen LogP contribution in [0.1, 0.15) is 25.7 Å². The van der Waals surface area contributed by atoms with Crippen LogP contribution in [0.25, 0.3) is 0 Å². The van der Waals surface area contributed by atoms with E-state index in [2.05, 4.69) is 9.05 Å². The van der Waals surface area contributed by atoms with E-state index < -0.39 is 25.6 Å². The summed E-state index contributed by atoms with van der Waals surface area (Å²) < 4.78 is 58.5. The Kier molecular flexibility index (Phi) is 5.59. The molecular weight excluding hydrogens is 284 g/mol. The molecule has 0 aliphatic heterocycles. The second-order valence-electron chi connectivity index (χ2n) is 4.69. The predicted octanol–water partition coefficient (Wildman–Crippen LogP) is 3.41. The van der Waals surface area contributed by atoms with Crippen molar-refractivity contribution in [3.8, 4) is 0 Å². The van der Waals surface area contributed by atoms with Crippen LogP contribution < -0.4 is 0 Å². The van der Waals surface area contributed by atoms with Gasteiger partial charge in [-0.3, -0.25) is 9.36 Å². The zero-order valence-electron chi connectivity index (χ0n) is 10.9. The van der Waals surface area contributed by atoms with Crippen molar-refractivity contribution in [3.05, 3.63) is 0 Å². The molecule has 0 radical (unpaired) electrons. The summed E-state index contributed by atoms with van der Waals surface area (Å²) in [5.74, 6) is -2.14. The molecule has 0 aromatic heterocycles. The van der Waals surface area contributed by atoms with Gasteiger partial charge in [0, 0.05) is 20.1 Å². The molecule has 0 aromatic carbocycles. The molecule has 0 unspecified atom stereocenters. The van der Waals surface area contributed by atoms with Crippen LogP contribution in [-0.2, 0) is 18.4 Å². The molecule has 0 heterocycles. The SMILES string of the molecule is COP(=O)(CC(=O)C1CCC(C(F)(F)F)CC1)OC. The Morgan fingerprint density at radius 2 is 1.63 bits per heavy atom. The number of carbonyl (C=O) groups is 1. The van der Waals surface area contributed by atoms with Crippen LogP contribution in [0.2, 0.25) is 0 Å². The summed E-state index contributed by atoms with van der Waals surface area (Å²) in [6.45, 7) is 0. The highest BCUT2D eigenvalue weighted by molar-refractivity contribution is 7.54. The van der Waals surface area contributed by atoms with Crippen LogP contribution in [-0.4, -0.2) is 32.3 Å². The summed E-state index contributed by atoms with van der Waals surface area (Å²) in [7, 11) is -1.07. The molecule has 0 N–H and O–H groups in total. The van der Waals surface area contributed by atoms with Gasteiger partial charge in [0.15, 0.2) is 0 Å². The van der Waals surface area contributed by atoms with Crippen LogP contribution in [0.5, 0.6) is 0 Å². The van der Waals surface area contributed by atoms with Crippen LogP contribution in [0.4, 0.5) is 13.2 Å². The molecule has 1 saturated carbocycles. The van der Waals surface area contributed by atoms with Gasteiger partial charge in [-0.15, -0.1) is 0 Å². The summed E-state index contributed by atoms with van der Waals surface area (Å²) >= 11 is 0. The van der Waals surface area contributed by atoms with E-state index in [0.717, 1.165) is 0 Å². The molecule has 0 aromatic rings. The summed E-state index contributed by atoms with van der Waals surface area (Å²) in [6.07, 6.45) is -4.31. The van der Waals surface area contributed by atoms with Crippen molar-refractivity contribution in [1.29, 1.82) is 0 Å². The first kappa shape index (κ1) is 16.7. The summed E-state index contributed by atoms with van der Waals surface area (Å²) in [6, 6.07) is 0. The highest BCUT2D eigenvalue weighted by atomic mass is 31.2. The Balaban J connectivity index is 2.52. The molecule has 8 heteroatoms. The third-order valence-corrected chi connectivity index (χ3v) is 5.36. The maximum Gasteiger partial charge on any atom is 0.391 e. The largest absolute Gasteiger partial charge is 0.391 e. The highest BCUT2D eigenvalue weighted by Crippen LogP contribution is 2.48. The quantitative estimate of drug-likeness (QED) is 0.730. The third-order valence-electron chi connectivity index (χ3n) is 3.55. The van der Waals surface area contributed by atoms with Crippen molar-refractivity contribution in [2.75, 3.05) is 20.4 Å². The molecule has 1 rings (SSSR count). The summed E-state index contributed by atoms with van der Waals surface area (Å²) in [4.78, 5) is 11.9. The molecule has 1 fully saturated rings. The monoisotopic (exact) mass is 302 g/mol.